The molecule has 6 amide bonds. The minimum absolute atomic E-state index is 0.00725. The number of hydrogen-bond donors (Lipinski definition) is 6. The quantitative estimate of drug-likeness (QED) is 0.00797. The van der Waals surface area contributed by atoms with Crippen LogP contribution in [-0.2, 0) is 90.4 Å². The first kappa shape index (κ1) is 83.6. The molecule has 2 saturated heterocycles. The van der Waals surface area contributed by atoms with E-state index in [0.717, 1.165) is 41.5 Å². The summed E-state index contributed by atoms with van der Waals surface area (Å²) in [6.45, 7) is 3.63. The lowest BCUT2D eigenvalue weighted by atomic mass is 9.82. The van der Waals surface area contributed by atoms with E-state index < -0.39 is 215 Å². The SMILES string of the molecule is CC(=O)OC[C@H]1O[C@@H](O[C@@H]2[C@@H](OC(C)=O)[C@H](NC(=O)[C@H](CCNC(=O)Oc3ccccc3)OC(C)=O)C[C@H](NC(=O)Oc3ccccc3)[C@H]2OC2O[C@H](CN=[N+]=[N-])C=C[C@H]2NC(=O)Oc2ccccc2)[C@H](OC(C)=O)[C@@H]1O[C@H]1O[C@@H](CNC(=O)Oc2ccccc2)[C@@H](OC(C)=O)[C@H](OC(C)=O)[C@H]1NC(=O)Oc1ccccc1. The molecule has 3 fully saturated rings. The van der Waals surface area contributed by atoms with Crippen molar-refractivity contribution in [1.29, 1.82) is 0 Å². The third kappa shape index (κ3) is 25.6. The van der Waals surface area contributed by atoms with Crippen molar-refractivity contribution in [3.8, 4) is 28.7 Å². The molecule has 596 valence electrons. The molecular formula is C74H81N9O29. The summed E-state index contributed by atoms with van der Waals surface area (Å²) in [6, 6.07) is 32.0. The fourth-order valence-electron chi connectivity index (χ4n) is 12.1. The number of nitrogens with one attached hydrogen (secondary N) is 6. The molecule has 1 unspecified atom stereocenters. The van der Waals surface area contributed by atoms with Crippen LogP contribution in [0.3, 0.4) is 0 Å². The summed E-state index contributed by atoms with van der Waals surface area (Å²) >= 11 is 0. The summed E-state index contributed by atoms with van der Waals surface area (Å²) in [7, 11) is 0. The second-order valence-electron chi connectivity index (χ2n) is 25.0. The van der Waals surface area contributed by atoms with Crippen LogP contribution in [0.1, 0.15) is 54.4 Å². The molecule has 112 heavy (non-hydrogen) atoms. The zero-order valence-electron chi connectivity index (χ0n) is 60.9. The van der Waals surface area contributed by atoms with Crippen LogP contribution in [0, 0.1) is 0 Å². The van der Waals surface area contributed by atoms with Gasteiger partial charge in [0.15, 0.2) is 49.4 Å². The summed E-state index contributed by atoms with van der Waals surface area (Å²) < 4.78 is 103. The van der Waals surface area contributed by atoms with E-state index in [-0.39, 0.29) is 35.3 Å². The summed E-state index contributed by atoms with van der Waals surface area (Å²) in [6.07, 6.45) is -29.9. The van der Waals surface area contributed by atoms with E-state index in [1.165, 1.54) is 72.8 Å². The maximum Gasteiger partial charge on any atom is 0.413 e. The zero-order chi connectivity index (χ0) is 80.2. The highest BCUT2D eigenvalue weighted by molar-refractivity contribution is 5.84. The molecule has 38 heteroatoms. The number of hydrogen-bond acceptors (Lipinski definition) is 30. The third-order valence-electron chi connectivity index (χ3n) is 16.5. The van der Waals surface area contributed by atoms with Crippen molar-refractivity contribution in [3.63, 3.8) is 0 Å². The van der Waals surface area contributed by atoms with Gasteiger partial charge < -0.3 is 112 Å². The zero-order valence-corrected chi connectivity index (χ0v) is 60.9. The van der Waals surface area contributed by atoms with Crippen LogP contribution in [0.15, 0.2) is 169 Å². The normalized spacial score (nSPS) is 25.1. The van der Waals surface area contributed by atoms with E-state index in [2.05, 4.69) is 41.9 Å². The Morgan fingerprint density at radius 1 is 0.438 bits per heavy atom. The summed E-state index contributed by atoms with van der Waals surface area (Å²) in [4.78, 5) is 167. The molecule has 0 aromatic heterocycles. The smallest absolute Gasteiger partial charge is 0.413 e. The van der Waals surface area contributed by atoms with E-state index >= 15 is 4.79 Å². The predicted molar refractivity (Wildman–Crippen MR) is 378 cm³/mol. The van der Waals surface area contributed by atoms with Crippen LogP contribution >= 0.6 is 0 Å². The number of amides is 6. The Kier molecular flexibility index (Phi) is 30.9. The van der Waals surface area contributed by atoms with Crippen LogP contribution in [-0.4, -0.2) is 209 Å². The van der Waals surface area contributed by atoms with Crippen LogP contribution < -0.4 is 55.6 Å². The van der Waals surface area contributed by atoms with Gasteiger partial charge in [-0.05, 0) is 72.6 Å². The second-order valence-corrected chi connectivity index (χ2v) is 25.0. The Morgan fingerprint density at radius 2 is 0.884 bits per heavy atom. The van der Waals surface area contributed by atoms with Gasteiger partial charge in [-0.1, -0.05) is 108 Å². The maximum atomic E-state index is 15.0. The van der Waals surface area contributed by atoms with Gasteiger partial charge in [0.2, 0.25) is 0 Å². The van der Waals surface area contributed by atoms with Crippen molar-refractivity contribution < 1.29 is 138 Å². The molecule has 6 N–H and O–H groups in total. The van der Waals surface area contributed by atoms with E-state index in [9.17, 15) is 58.3 Å². The van der Waals surface area contributed by atoms with Gasteiger partial charge in [-0.15, -0.1) is 0 Å². The molecule has 3 heterocycles. The van der Waals surface area contributed by atoms with E-state index in [4.69, 9.17) is 80.5 Å². The molecule has 4 aliphatic rings. The van der Waals surface area contributed by atoms with Crippen molar-refractivity contribution in [2.75, 3.05) is 26.2 Å². The number of ether oxygens (including phenoxy) is 17. The van der Waals surface area contributed by atoms with Gasteiger partial charge in [-0.25, -0.2) is 24.0 Å². The van der Waals surface area contributed by atoms with E-state index in [0.29, 0.717) is 0 Å². The molecule has 1 saturated carbocycles. The molecule has 18 atom stereocenters. The number of azide groups is 1. The average Bonchev–Trinajstić information content (AvgIpc) is 1.65. The highest BCUT2D eigenvalue weighted by atomic mass is 16.8. The van der Waals surface area contributed by atoms with Gasteiger partial charge in [0.1, 0.15) is 78.0 Å². The van der Waals surface area contributed by atoms with Crippen molar-refractivity contribution in [2.24, 2.45) is 5.11 Å². The van der Waals surface area contributed by atoms with Crippen LogP contribution in [0.25, 0.3) is 10.4 Å². The minimum atomic E-state index is -2.19. The van der Waals surface area contributed by atoms with Gasteiger partial charge in [0.05, 0.1) is 31.3 Å². The number of rotatable bonds is 30. The van der Waals surface area contributed by atoms with Crippen LogP contribution in [0.4, 0.5) is 24.0 Å². The summed E-state index contributed by atoms with van der Waals surface area (Å²) in [5.41, 5.74) is 9.48. The molecule has 5 aromatic carbocycles. The first-order valence-electron chi connectivity index (χ1n) is 34.9. The van der Waals surface area contributed by atoms with Gasteiger partial charge >= 0.3 is 66.3 Å². The topological polar surface area (TPSA) is 483 Å². The lowest BCUT2D eigenvalue weighted by Crippen LogP contribution is -2.69. The number of nitrogens with zero attached hydrogens (tertiary/aromatic N) is 3. The van der Waals surface area contributed by atoms with Crippen molar-refractivity contribution >= 4 is 72.2 Å². The number of para-hydroxylation sites is 5. The Bertz CT molecular complexity index is 4130. The van der Waals surface area contributed by atoms with E-state index in [1.54, 1.807) is 91.0 Å². The molecule has 0 radical (unpaired) electrons. The Balaban J connectivity index is 1.17. The fraction of sp³-hybridized carbons (Fsp3) is 0.405. The highest BCUT2D eigenvalue weighted by Gasteiger charge is 2.59. The predicted octanol–water partition coefficient (Wildman–Crippen LogP) is 5.73. The highest BCUT2D eigenvalue weighted by Crippen LogP contribution is 2.39. The molecule has 0 bridgehead atoms. The Morgan fingerprint density at radius 3 is 1.39 bits per heavy atom. The first-order chi connectivity index (χ1) is 53.8. The van der Waals surface area contributed by atoms with Gasteiger partial charge in [0, 0.05) is 59.4 Å². The lowest BCUT2D eigenvalue weighted by Gasteiger charge is -2.48. The number of benzene rings is 5. The van der Waals surface area contributed by atoms with Crippen LogP contribution in [0.5, 0.6) is 28.7 Å². The third-order valence-corrected chi connectivity index (χ3v) is 16.5. The Hall–Kier alpha value is -12.5. The molecular weight excluding hydrogens is 1480 g/mol. The molecule has 1 aliphatic carbocycles. The average molecular weight is 1560 g/mol. The van der Waals surface area contributed by atoms with Crippen molar-refractivity contribution in [1.82, 2.24) is 31.9 Å². The molecule has 9 rings (SSSR count). The van der Waals surface area contributed by atoms with Gasteiger partial charge in [-0.2, -0.15) is 0 Å². The van der Waals surface area contributed by atoms with Crippen molar-refractivity contribution in [2.45, 2.75) is 165 Å². The van der Waals surface area contributed by atoms with Crippen molar-refractivity contribution in [3.05, 3.63) is 174 Å². The number of carbonyl (C=O) groups is 12. The number of esters is 6. The fourth-order valence-corrected chi connectivity index (χ4v) is 12.1. The monoisotopic (exact) mass is 1560 g/mol. The summed E-state index contributed by atoms with van der Waals surface area (Å²) in [5, 5.41) is 19.3. The molecule has 0 spiro atoms. The van der Waals surface area contributed by atoms with Crippen LogP contribution in [0.2, 0.25) is 0 Å². The standard InChI is InChI=1S/C74H81N9O29/c1-40(84)96-39-57-62(111-68-58(82-74(95)107-50-30-20-11-21-31-50)63(100-44(5)88)61(99-43(4)87)56(108-68)38-77-71(92)104-47-24-14-8-15-25-47)65(101-45(6)89)69(109-57)112-64-59(98-42(3)86)53(79-66(90)55(97-41(2)85)34-35-76-70(91)103-46-22-12-7-13-23-46)36-54(81-73(94)106-49-28-18-10-19-29-49)60(64)110-67-52(33-32-51(102-67)37-78-83-75)80-72(93)105-48-26-16-9-17-27-48/h7-33,51-65,67-69H,34-39H2,1-6H3,(H,76,91)(H,77,92)(H,79,90)(H,80,93)(H,81,94)(H,82,95)/t51-,52+,53+,54-,55-,56-,57+,58+,59-,60+,61+,62+,63+,64+,65+,67?,68+,69-/m0/s1. The number of carbonyl (C=O) groups excluding carboxylic acids is 12. The summed E-state index contributed by atoms with van der Waals surface area (Å²) in [5.74, 6) is -6.95. The largest absolute Gasteiger partial charge is 0.463 e. The lowest BCUT2D eigenvalue weighted by molar-refractivity contribution is -0.292. The van der Waals surface area contributed by atoms with Gasteiger partial charge in [-0.3, -0.25) is 33.6 Å². The van der Waals surface area contributed by atoms with Gasteiger partial charge in [0.25, 0.3) is 5.91 Å². The second kappa shape index (κ2) is 41.4. The van der Waals surface area contributed by atoms with E-state index in [1.807, 2.05) is 0 Å². The first-order valence-corrected chi connectivity index (χ1v) is 34.9. The molecule has 5 aromatic rings. The minimum Gasteiger partial charge on any atom is -0.463 e. The molecule has 38 nitrogen and oxygen atoms in total. The molecule has 3 aliphatic heterocycles. The maximum absolute atomic E-state index is 15.0. The Labute approximate surface area is 638 Å².